The predicted octanol–water partition coefficient (Wildman–Crippen LogP) is -17.1. The molecule has 0 aliphatic rings. The maximum Gasteiger partial charge on any atom is 1.00 e. The van der Waals surface area contributed by atoms with E-state index in [9.17, 15) is 29.7 Å². The van der Waals surface area contributed by atoms with E-state index in [0.717, 1.165) is 0 Å². The Hall–Kier alpha value is 1.21. The molecule has 9 N–H and O–H groups in total. The topological polar surface area (TPSA) is 256 Å². The summed E-state index contributed by atoms with van der Waals surface area (Å²) in [6.45, 7) is 0. The summed E-state index contributed by atoms with van der Waals surface area (Å²) in [7, 11) is 0. The molecular formula is C6H13N2Na3O9. The first-order valence-electron chi connectivity index (χ1n) is 3.45. The summed E-state index contributed by atoms with van der Waals surface area (Å²) >= 11 is 0. The van der Waals surface area contributed by atoms with Crippen LogP contribution in [-0.2, 0) is 14.4 Å². The Labute approximate surface area is 180 Å². The van der Waals surface area contributed by atoms with Crippen LogP contribution in [0.5, 0.6) is 0 Å². The van der Waals surface area contributed by atoms with Crippen LogP contribution in [-0.4, -0.2) is 39.6 Å². The number of hydrazine groups is 1. The van der Waals surface area contributed by atoms with E-state index >= 15 is 0 Å². The first-order chi connectivity index (χ1) is 6.78. The van der Waals surface area contributed by atoms with Gasteiger partial charge in [-0.2, -0.15) is 0 Å². The van der Waals surface area contributed by atoms with E-state index in [1.165, 1.54) is 0 Å². The van der Waals surface area contributed by atoms with E-state index in [1.807, 2.05) is 0 Å². The van der Waals surface area contributed by atoms with Gasteiger partial charge in [0.2, 0.25) is 0 Å². The molecule has 0 atom stereocenters. The minimum absolute atomic E-state index is 0. The van der Waals surface area contributed by atoms with E-state index in [0.29, 0.717) is 0 Å². The Balaban J connectivity index is -0.0000000460. The Morgan fingerprint density at radius 1 is 0.850 bits per heavy atom. The monoisotopic (exact) mass is 326 g/mol. The van der Waals surface area contributed by atoms with Gasteiger partial charge in [0.1, 0.15) is 5.60 Å². The molecule has 0 unspecified atom stereocenters. The average molecular weight is 326 g/mol. The number of aliphatic carboxylic acids is 3. The van der Waals surface area contributed by atoms with Crippen LogP contribution in [0.25, 0.3) is 0 Å². The van der Waals surface area contributed by atoms with Gasteiger partial charge in [-0.15, -0.1) is 0 Å². The third-order valence-corrected chi connectivity index (χ3v) is 1.25. The number of aliphatic hydroxyl groups is 1. The van der Waals surface area contributed by atoms with Crippen molar-refractivity contribution in [2.24, 2.45) is 11.7 Å². The van der Waals surface area contributed by atoms with Crippen LogP contribution in [0.1, 0.15) is 12.8 Å². The van der Waals surface area contributed by atoms with E-state index < -0.39 is 36.4 Å². The molecule has 0 aliphatic heterocycles. The summed E-state index contributed by atoms with van der Waals surface area (Å²) < 4.78 is 0. The quantitative estimate of drug-likeness (QED) is 0.245. The zero-order chi connectivity index (χ0) is 12.6. The third kappa shape index (κ3) is 21.5. The molecule has 0 spiro atoms. The standard InChI is InChI=1S/C6H8O7.H4N2.3Na.2H2O/c7-3(8)1-6(13,5(11)12)2-4(9)10;1-2;;;;;/h13H,1-2H2,(H,7,8)(H,9,10)(H,11,12);1-2H2;;;;2*1H2/q;;3*+1;;/p-3. The molecule has 0 aromatic rings. The molecule has 0 radical (unpaired) electrons. The summed E-state index contributed by atoms with van der Waals surface area (Å²) in [5, 5.41) is 38.9. The largest absolute Gasteiger partial charge is 1.00 e. The van der Waals surface area contributed by atoms with Gasteiger partial charge in [-0.05, 0) is 0 Å². The van der Waals surface area contributed by atoms with Crippen LogP contribution in [0, 0.1) is 0 Å². The summed E-state index contributed by atoms with van der Waals surface area (Å²) in [5.74, 6) is 2.02. The molecular weight excluding hydrogens is 313 g/mol. The van der Waals surface area contributed by atoms with Gasteiger partial charge < -0.3 is 45.8 Å². The zero-order valence-corrected chi connectivity index (χ0v) is 17.5. The van der Waals surface area contributed by atoms with Crippen molar-refractivity contribution < 1.29 is 134 Å². The van der Waals surface area contributed by atoms with Crippen molar-refractivity contribution in [2.45, 2.75) is 18.4 Å². The number of hydrogen-bond acceptors (Lipinski definition) is 9. The van der Waals surface area contributed by atoms with Crippen LogP contribution in [0.2, 0.25) is 0 Å². The van der Waals surface area contributed by atoms with Crippen molar-refractivity contribution in [1.82, 2.24) is 0 Å². The van der Waals surface area contributed by atoms with Crippen LogP contribution in [0.3, 0.4) is 0 Å². The molecule has 14 heteroatoms. The summed E-state index contributed by atoms with van der Waals surface area (Å²) in [6, 6.07) is 0. The number of carboxylic acids is 3. The molecule has 0 aromatic carbocycles. The first-order valence-corrected chi connectivity index (χ1v) is 3.45. The van der Waals surface area contributed by atoms with Gasteiger partial charge in [0.15, 0.2) is 0 Å². The predicted molar refractivity (Wildman–Crippen MR) is 44.8 cm³/mol. The molecule has 0 saturated carbocycles. The fourth-order valence-electron chi connectivity index (χ4n) is 0.684. The minimum atomic E-state index is -2.97. The van der Waals surface area contributed by atoms with Crippen LogP contribution < -0.4 is 116 Å². The molecule has 11 nitrogen and oxygen atoms in total. The van der Waals surface area contributed by atoms with Gasteiger partial charge in [0.05, 0.1) is 5.97 Å². The molecule has 0 amide bonds. The van der Waals surface area contributed by atoms with E-state index in [4.69, 9.17) is 5.11 Å². The van der Waals surface area contributed by atoms with Crippen LogP contribution >= 0.6 is 0 Å². The Bertz CT molecular complexity index is 250. The first kappa shape index (κ1) is 42.9. The number of rotatable bonds is 5. The Kier molecular flexibility index (Phi) is 48.2. The fraction of sp³-hybridized carbons (Fsp3) is 0.500. The minimum Gasteiger partial charge on any atom is -0.550 e. The Morgan fingerprint density at radius 2 is 1.05 bits per heavy atom. The second kappa shape index (κ2) is 22.5. The molecule has 0 aliphatic carbocycles. The SMILES string of the molecule is NN.O.O.O=C([O-])CC(O)(CC(=O)[O-])C(=O)[O-].[Na+].[Na+].[Na+]. The zero-order valence-electron chi connectivity index (χ0n) is 11.5. The number of nitrogens with two attached hydrogens (primary N) is 2. The fourth-order valence-corrected chi connectivity index (χ4v) is 0.684. The number of hydrogen-bond donors (Lipinski definition) is 3. The summed E-state index contributed by atoms with van der Waals surface area (Å²) in [4.78, 5) is 30.0. The molecule has 0 fully saturated rings. The molecule has 0 bridgehead atoms. The normalized spacial score (nSPS) is 7.35. The number of carbonyl (C=O) groups excluding carboxylic acids is 3. The summed E-state index contributed by atoms with van der Waals surface area (Å²) in [5.41, 5.74) is -2.97. The molecule has 0 saturated heterocycles. The maximum absolute atomic E-state index is 10.1. The van der Waals surface area contributed by atoms with Crippen LogP contribution in [0.15, 0.2) is 0 Å². The average Bonchev–Trinajstić information content (AvgIpc) is 2.04. The number of carbonyl (C=O) groups is 3. The second-order valence-electron chi connectivity index (χ2n) is 2.42. The van der Waals surface area contributed by atoms with E-state index in [1.54, 1.807) is 0 Å². The van der Waals surface area contributed by atoms with Crippen LogP contribution in [0.4, 0.5) is 0 Å². The molecule has 20 heavy (non-hydrogen) atoms. The van der Waals surface area contributed by atoms with Crippen molar-refractivity contribution in [3.05, 3.63) is 0 Å². The number of carboxylic acid groups (broad SMARTS) is 3. The summed E-state index contributed by atoms with van der Waals surface area (Å²) in [6.07, 6.45) is -2.72. The van der Waals surface area contributed by atoms with Gasteiger partial charge in [-0.25, -0.2) is 0 Å². The van der Waals surface area contributed by atoms with Gasteiger partial charge in [-0.1, -0.05) is 0 Å². The van der Waals surface area contributed by atoms with Gasteiger partial charge in [0, 0.05) is 24.8 Å². The molecule has 0 aromatic heterocycles. The van der Waals surface area contributed by atoms with Gasteiger partial charge >= 0.3 is 88.7 Å². The molecule has 104 valence electrons. The second-order valence-corrected chi connectivity index (χ2v) is 2.42. The van der Waals surface area contributed by atoms with E-state index in [-0.39, 0.29) is 99.6 Å². The van der Waals surface area contributed by atoms with Crippen molar-refractivity contribution in [3.63, 3.8) is 0 Å². The van der Waals surface area contributed by atoms with Crippen molar-refractivity contribution >= 4 is 17.9 Å². The smallest absolute Gasteiger partial charge is 0.550 e. The Morgan fingerprint density at radius 3 is 1.15 bits per heavy atom. The van der Waals surface area contributed by atoms with Gasteiger partial charge in [0.25, 0.3) is 0 Å². The van der Waals surface area contributed by atoms with Crippen molar-refractivity contribution in [2.75, 3.05) is 0 Å². The van der Waals surface area contributed by atoms with Crippen molar-refractivity contribution in [3.8, 4) is 0 Å². The molecule has 0 heterocycles. The maximum atomic E-state index is 10.1. The van der Waals surface area contributed by atoms with Crippen molar-refractivity contribution in [1.29, 1.82) is 0 Å². The third-order valence-electron chi connectivity index (χ3n) is 1.25. The molecule has 0 rings (SSSR count). The van der Waals surface area contributed by atoms with E-state index in [2.05, 4.69) is 11.7 Å². The van der Waals surface area contributed by atoms with Gasteiger partial charge in [-0.3, -0.25) is 11.7 Å².